The molecule has 0 radical (unpaired) electrons. The van der Waals surface area contributed by atoms with E-state index in [4.69, 9.17) is 4.74 Å². The summed E-state index contributed by atoms with van der Waals surface area (Å²) in [6.07, 6.45) is 3.68. The van der Waals surface area contributed by atoms with Crippen LogP contribution >= 0.6 is 0 Å². The molecule has 8 heteroatoms. The van der Waals surface area contributed by atoms with E-state index in [9.17, 15) is 9.90 Å². The van der Waals surface area contributed by atoms with Gasteiger partial charge in [-0.25, -0.2) is 15.0 Å². The van der Waals surface area contributed by atoms with Gasteiger partial charge in [0.25, 0.3) is 5.91 Å². The van der Waals surface area contributed by atoms with E-state index < -0.39 is 6.10 Å². The first-order valence-electron chi connectivity index (χ1n) is 8.06. The highest BCUT2D eigenvalue weighted by Gasteiger charge is 2.24. The lowest BCUT2D eigenvalue weighted by Crippen LogP contribution is -2.27. The van der Waals surface area contributed by atoms with Crippen molar-refractivity contribution in [1.29, 1.82) is 0 Å². The zero-order chi connectivity index (χ0) is 17.2. The molecule has 1 aliphatic rings. The van der Waals surface area contributed by atoms with Crippen LogP contribution < -0.4 is 5.32 Å². The predicted molar refractivity (Wildman–Crippen MR) is 89.9 cm³/mol. The Labute approximate surface area is 143 Å². The molecular formula is C17H17N5O3. The molecule has 0 aliphatic carbocycles. The van der Waals surface area contributed by atoms with Crippen molar-refractivity contribution in [3.8, 4) is 0 Å². The van der Waals surface area contributed by atoms with Crippen molar-refractivity contribution in [2.24, 2.45) is 0 Å². The molecule has 25 heavy (non-hydrogen) atoms. The Bertz CT molecular complexity index is 888. The van der Waals surface area contributed by atoms with E-state index in [-0.39, 0.29) is 18.7 Å². The Balaban J connectivity index is 1.62. The van der Waals surface area contributed by atoms with Crippen LogP contribution in [-0.4, -0.2) is 43.2 Å². The number of amides is 1. The minimum Gasteiger partial charge on any atom is -0.391 e. The summed E-state index contributed by atoms with van der Waals surface area (Å²) in [5.41, 5.74) is 1.62. The Kier molecular flexibility index (Phi) is 4.12. The van der Waals surface area contributed by atoms with Gasteiger partial charge in [-0.3, -0.25) is 9.36 Å². The summed E-state index contributed by atoms with van der Waals surface area (Å²) in [7, 11) is 0. The molecule has 1 aromatic carbocycles. The molecule has 0 spiro atoms. The van der Waals surface area contributed by atoms with Crippen LogP contribution in [0.15, 0.2) is 43.0 Å². The van der Waals surface area contributed by atoms with Crippen LogP contribution in [-0.2, 0) is 4.74 Å². The van der Waals surface area contributed by atoms with E-state index in [1.807, 2.05) is 6.07 Å². The number of carbonyl (C=O) groups excluding carboxylic acids is 1. The maximum Gasteiger partial charge on any atom is 0.256 e. The smallest absolute Gasteiger partial charge is 0.256 e. The molecule has 2 atom stereocenters. The highest BCUT2D eigenvalue weighted by Crippen LogP contribution is 2.27. The van der Waals surface area contributed by atoms with E-state index in [0.717, 1.165) is 0 Å². The van der Waals surface area contributed by atoms with Gasteiger partial charge >= 0.3 is 0 Å². The third kappa shape index (κ3) is 3.09. The number of aliphatic hydroxyl groups excluding tert-OH is 1. The Morgan fingerprint density at radius 2 is 2.04 bits per heavy atom. The molecule has 8 nitrogen and oxygen atoms in total. The number of benzene rings is 1. The molecule has 3 heterocycles. The fourth-order valence-electron chi connectivity index (χ4n) is 2.87. The van der Waals surface area contributed by atoms with E-state index >= 15 is 0 Å². The number of aromatic nitrogens is 4. The normalized spacial score (nSPS) is 20.5. The quantitative estimate of drug-likeness (QED) is 0.754. The molecule has 0 saturated carbocycles. The van der Waals surface area contributed by atoms with Gasteiger partial charge in [-0.15, -0.1) is 0 Å². The van der Waals surface area contributed by atoms with Crippen LogP contribution in [0.25, 0.3) is 11.2 Å². The number of nitrogens with zero attached hydrogens (tertiary/aromatic N) is 4. The number of carbonyl (C=O) groups is 1. The Morgan fingerprint density at radius 1 is 1.20 bits per heavy atom. The topological polar surface area (TPSA) is 102 Å². The summed E-state index contributed by atoms with van der Waals surface area (Å²) in [5, 5.41) is 12.3. The van der Waals surface area contributed by atoms with Crippen LogP contribution in [0.1, 0.15) is 29.4 Å². The van der Waals surface area contributed by atoms with Crippen molar-refractivity contribution in [3.05, 3.63) is 48.5 Å². The number of anilines is 1. The highest BCUT2D eigenvalue weighted by atomic mass is 16.5. The van der Waals surface area contributed by atoms with Crippen molar-refractivity contribution in [2.45, 2.75) is 25.2 Å². The minimum atomic E-state index is -0.429. The largest absolute Gasteiger partial charge is 0.391 e. The van der Waals surface area contributed by atoms with E-state index in [1.54, 1.807) is 35.2 Å². The van der Waals surface area contributed by atoms with Gasteiger partial charge in [-0.05, 0) is 25.0 Å². The lowest BCUT2D eigenvalue weighted by Gasteiger charge is -2.27. The summed E-state index contributed by atoms with van der Waals surface area (Å²) < 4.78 is 7.46. The van der Waals surface area contributed by atoms with Crippen molar-refractivity contribution in [3.63, 3.8) is 0 Å². The molecule has 128 valence electrons. The first-order chi connectivity index (χ1) is 12.2. The number of hydrogen-bond donors (Lipinski definition) is 2. The van der Waals surface area contributed by atoms with Gasteiger partial charge in [0, 0.05) is 5.56 Å². The van der Waals surface area contributed by atoms with Gasteiger partial charge in [-0.2, -0.15) is 0 Å². The maximum absolute atomic E-state index is 12.3. The van der Waals surface area contributed by atoms with Crippen molar-refractivity contribution >= 4 is 22.9 Å². The number of hydrogen-bond acceptors (Lipinski definition) is 6. The number of nitrogens with one attached hydrogen (secondary N) is 1. The molecule has 3 aromatic rings. The molecule has 0 unspecified atom stereocenters. The number of fused-ring (bicyclic) bond motifs is 1. The summed E-state index contributed by atoms with van der Waals surface area (Å²) in [5.74, 6) is 0.0978. The molecular weight excluding hydrogens is 322 g/mol. The average molecular weight is 339 g/mol. The van der Waals surface area contributed by atoms with Gasteiger partial charge in [0.1, 0.15) is 12.6 Å². The van der Waals surface area contributed by atoms with Crippen LogP contribution in [0.2, 0.25) is 0 Å². The number of aliphatic hydroxyl groups is 1. The fourth-order valence-corrected chi connectivity index (χ4v) is 2.87. The molecule has 1 saturated heterocycles. The first kappa shape index (κ1) is 15.7. The monoisotopic (exact) mass is 339 g/mol. The van der Waals surface area contributed by atoms with E-state index in [2.05, 4.69) is 20.3 Å². The molecule has 2 aromatic heterocycles. The minimum absolute atomic E-state index is 0.235. The summed E-state index contributed by atoms with van der Waals surface area (Å²) in [4.78, 5) is 25.1. The highest BCUT2D eigenvalue weighted by molar-refractivity contribution is 6.06. The lowest BCUT2D eigenvalue weighted by atomic mass is 10.1. The Morgan fingerprint density at radius 3 is 2.80 bits per heavy atom. The van der Waals surface area contributed by atoms with Crippen molar-refractivity contribution in [2.75, 3.05) is 11.9 Å². The zero-order valence-electron chi connectivity index (χ0n) is 13.4. The fraction of sp³-hybridized carbons (Fsp3) is 0.294. The number of ether oxygens (including phenoxy) is 1. The molecule has 2 N–H and O–H groups in total. The van der Waals surface area contributed by atoms with E-state index in [0.29, 0.717) is 35.4 Å². The summed E-state index contributed by atoms with van der Waals surface area (Å²) in [6.45, 7) is 0.285. The second-order valence-corrected chi connectivity index (χ2v) is 5.89. The molecule has 1 amide bonds. The lowest BCUT2D eigenvalue weighted by molar-refractivity contribution is -0.0871. The van der Waals surface area contributed by atoms with E-state index in [1.165, 1.54) is 6.33 Å². The van der Waals surface area contributed by atoms with Gasteiger partial charge < -0.3 is 15.2 Å². The van der Waals surface area contributed by atoms with Gasteiger partial charge in [-0.1, -0.05) is 18.2 Å². The van der Waals surface area contributed by atoms with Gasteiger partial charge in [0.2, 0.25) is 0 Å². The maximum atomic E-state index is 12.3. The van der Waals surface area contributed by atoms with Crippen molar-refractivity contribution in [1.82, 2.24) is 19.5 Å². The molecule has 1 fully saturated rings. The predicted octanol–water partition coefficient (Wildman–Crippen LogP) is 1.75. The molecule has 0 bridgehead atoms. The molecule has 1 aliphatic heterocycles. The van der Waals surface area contributed by atoms with Crippen LogP contribution in [0.4, 0.5) is 5.82 Å². The van der Waals surface area contributed by atoms with Gasteiger partial charge in [0.15, 0.2) is 17.0 Å². The van der Waals surface area contributed by atoms with Crippen LogP contribution in [0.5, 0.6) is 0 Å². The Hall–Kier alpha value is -2.84. The third-order valence-electron chi connectivity index (χ3n) is 4.16. The summed E-state index contributed by atoms with van der Waals surface area (Å²) in [6, 6.07) is 8.91. The number of imidazole rings is 1. The van der Waals surface area contributed by atoms with Crippen molar-refractivity contribution < 1.29 is 14.6 Å². The standard InChI is InChI=1S/C17H17N5O3/c23-12-6-7-13(25-8-12)22-10-20-14-15(18-9-19-16(14)22)21-17(24)11-4-2-1-3-5-11/h1-5,9-10,12-13,23H,6-8H2,(H,18,19,21,24)/t12-,13-/m0/s1. The third-order valence-corrected chi connectivity index (χ3v) is 4.16. The van der Waals surface area contributed by atoms with Crippen LogP contribution in [0, 0.1) is 0 Å². The average Bonchev–Trinajstić information content (AvgIpc) is 3.08. The van der Waals surface area contributed by atoms with Gasteiger partial charge in [0.05, 0.1) is 19.0 Å². The SMILES string of the molecule is O=C(Nc1ncnc2c1ncn2[C@@H]1CC[C@H](O)CO1)c1ccccc1. The first-order valence-corrected chi connectivity index (χ1v) is 8.06. The second kappa shape index (κ2) is 6.58. The zero-order valence-corrected chi connectivity index (χ0v) is 13.4. The summed E-state index contributed by atoms with van der Waals surface area (Å²) >= 11 is 0. The number of rotatable bonds is 3. The second-order valence-electron chi connectivity index (χ2n) is 5.89. The molecule has 4 rings (SSSR count). The van der Waals surface area contributed by atoms with Crippen LogP contribution in [0.3, 0.4) is 0 Å².